The van der Waals surface area contributed by atoms with Crippen molar-refractivity contribution >= 4 is 17.9 Å². The number of esters is 3. The molecule has 0 N–H and O–H groups in total. The van der Waals surface area contributed by atoms with Gasteiger partial charge in [0.2, 0.25) is 0 Å². The topological polar surface area (TPSA) is 82.1 Å². The van der Waals surface area contributed by atoms with Crippen LogP contribution in [0.5, 0.6) is 0 Å². The number of hydrogen-bond donors (Lipinski definition) is 0. The first-order valence-electron chi connectivity index (χ1n) is 22.6. The van der Waals surface area contributed by atoms with Gasteiger partial charge in [0.1, 0.15) is 0 Å². The zero-order valence-corrected chi connectivity index (χ0v) is 36.5. The van der Waals surface area contributed by atoms with Crippen molar-refractivity contribution < 1.29 is 28.6 Å². The Morgan fingerprint density at radius 1 is 0.509 bits per heavy atom. The lowest BCUT2D eigenvalue weighted by atomic mass is 9.89. The highest BCUT2D eigenvalue weighted by molar-refractivity contribution is 5.72. The molecule has 0 heterocycles. The average Bonchev–Trinajstić information content (AvgIpc) is 3.11. The fourth-order valence-electron chi connectivity index (χ4n) is 7.07. The minimum absolute atomic E-state index is 0.0414. The molecule has 0 aromatic carbocycles. The molecule has 0 spiro atoms. The second-order valence-corrected chi connectivity index (χ2v) is 17.2. The highest BCUT2D eigenvalue weighted by Gasteiger charge is 2.20. The number of unbranched alkanes of at least 4 members (excludes halogenated alkanes) is 12. The Balaban J connectivity index is 4.36. The number of ether oxygens (including phenoxy) is 3. The van der Waals surface area contributed by atoms with E-state index in [1.807, 2.05) is 14.1 Å². The Hall–Kier alpha value is -1.63. The summed E-state index contributed by atoms with van der Waals surface area (Å²) >= 11 is 0. The maximum atomic E-state index is 13.0. The van der Waals surface area contributed by atoms with E-state index in [2.05, 4.69) is 46.4 Å². The van der Waals surface area contributed by atoms with Gasteiger partial charge >= 0.3 is 17.9 Å². The fourth-order valence-corrected chi connectivity index (χ4v) is 7.07. The van der Waals surface area contributed by atoms with Gasteiger partial charge in [-0.1, -0.05) is 151 Å². The maximum Gasteiger partial charge on any atom is 0.308 e. The summed E-state index contributed by atoms with van der Waals surface area (Å²) in [6.45, 7) is 15.9. The van der Waals surface area contributed by atoms with Gasteiger partial charge in [-0.2, -0.15) is 0 Å². The molecule has 0 aromatic rings. The highest BCUT2D eigenvalue weighted by atomic mass is 16.5. The summed E-state index contributed by atoms with van der Waals surface area (Å²) in [5.74, 6) is 2.14. The van der Waals surface area contributed by atoms with E-state index >= 15 is 0 Å². The smallest absolute Gasteiger partial charge is 0.308 e. The van der Waals surface area contributed by atoms with Crippen molar-refractivity contribution in [1.82, 2.24) is 4.90 Å². The second-order valence-electron chi connectivity index (χ2n) is 17.2. The summed E-state index contributed by atoms with van der Waals surface area (Å²) in [6.07, 6.45) is 27.2. The van der Waals surface area contributed by atoms with Crippen LogP contribution >= 0.6 is 0 Å². The summed E-state index contributed by atoms with van der Waals surface area (Å²) in [5.41, 5.74) is 0. The van der Waals surface area contributed by atoms with E-state index < -0.39 is 0 Å². The molecule has 2 unspecified atom stereocenters. The third-order valence-electron chi connectivity index (χ3n) is 10.9. The van der Waals surface area contributed by atoms with Crippen molar-refractivity contribution in [3.8, 4) is 0 Å². The maximum absolute atomic E-state index is 13.0. The molecule has 0 saturated carbocycles. The van der Waals surface area contributed by atoms with Gasteiger partial charge in [-0.05, 0) is 82.7 Å². The number of carbonyl (C=O) groups is 3. The zero-order valence-electron chi connectivity index (χ0n) is 36.5. The molecule has 0 aromatic heterocycles. The van der Waals surface area contributed by atoms with Crippen molar-refractivity contribution in [2.24, 2.45) is 29.6 Å². The lowest BCUT2D eigenvalue weighted by Gasteiger charge is -2.21. The third-order valence-corrected chi connectivity index (χ3v) is 10.9. The fraction of sp³-hybridized carbons (Fsp3) is 0.935. The normalized spacial score (nSPS) is 12.9. The van der Waals surface area contributed by atoms with E-state index in [0.717, 1.165) is 103 Å². The first-order valence-corrected chi connectivity index (χ1v) is 22.6. The standard InChI is InChI=1S/C46H89NO6/c1-9-11-19-26-41(27-20-12-10-2)34-37-51-44(48)30-23-17-13-15-21-28-42(46(50)52-36-25-35-47(7)8)29-22-16-14-18-24-31-45(49)53-38-43(40(5)6)33-32-39(3)4/h39-43H,9-38H2,1-8H3. The molecule has 0 aliphatic rings. The van der Waals surface area contributed by atoms with Crippen LogP contribution in [0.3, 0.4) is 0 Å². The molecule has 0 radical (unpaired) electrons. The third kappa shape index (κ3) is 33.4. The van der Waals surface area contributed by atoms with Crippen LogP contribution < -0.4 is 0 Å². The highest BCUT2D eigenvalue weighted by Crippen LogP contribution is 2.24. The van der Waals surface area contributed by atoms with E-state index in [0.29, 0.717) is 56.3 Å². The van der Waals surface area contributed by atoms with Crippen molar-refractivity contribution in [3.63, 3.8) is 0 Å². The molecule has 53 heavy (non-hydrogen) atoms. The van der Waals surface area contributed by atoms with Crippen LogP contribution in [0.25, 0.3) is 0 Å². The molecule has 0 amide bonds. The Labute approximate surface area is 329 Å². The quantitative estimate of drug-likeness (QED) is 0.0353. The molecular formula is C46H89NO6. The number of hydrogen-bond acceptors (Lipinski definition) is 7. The van der Waals surface area contributed by atoms with Gasteiger partial charge in [-0.15, -0.1) is 0 Å². The van der Waals surface area contributed by atoms with Gasteiger partial charge in [-0.25, -0.2) is 0 Å². The van der Waals surface area contributed by atoms with Gasteiger partial charge < -0.3 is 19.1 Å². The van der Waals surface area contributed by atoms with E-state index in [4.69, 9.17) is 14.2 Å². The molecule has 0 saturated heterocycles. The van der Waals surface area contributed by atoms with E-state index in [1.165, 1.54) is 57.8 Å². The van der Waals surface area contributed by atoms with Crippen LogP contribution in [-0.2, 0) is 28.6 Å². The Kier molecular flexibility index (Phi) is 34.9. The molecular weight excluding hydrogens is 663 g/mol. The van der Waals surface area contributed by atoms with Gasteiger partial charge in [-0.3, -0.25) is 14.4 Å². The number of carbonyl (C=O) groups excluding carboxylic acids is 3. The average molecular weight is 752 g/mol. The minimum atomic E-state index is -0.0631. The van der Waals surface area contributed by atoms with Gasteiger partial charge in [0.05, 0.1) is 25.7 Å². The summed E-state index contributed by atoms with van der Waals surface area (Å²) in [7, 11) is 4.07. The Morgan fingerprint density at radius 2 is 1.02 bits per heavy atom. The molecule has 314 valence electrons. The number of nitrogens with zero attached hydrogens (tertiary/aromatic N) is 1. The van der Waals surface area contributed by atoms with Crippen LogP contribution in [0.2, 0.25) is 0 Å². The Bertz CT molecular complexity index is 849. The summed E-state index contributed by atoms with van der Waals surface area (Å²) < 4.78 is 17.0. The first-order chi connectivity index (χ1) is 25.5. The predicted molar refractivity (Wildman–Crippen MR) is 223 cm³/mol. The van der Waals surface area contributed by atoms with Gasteiger partial charge in [0.15, 0.2) is 0 Å². The largest absolute Gasteiger partial charge is 0.466 e. The molecule has 7 nitrogen and oxygen atoms in total. The van der Waals surface area contributed by atoms with Crippen molar-refractivity contribution in [1.29, 1.82) is 0 Å². The molecule has 0 aliphatic heterocycles. The monoisotopic (exact) mass is 752 g/mol. The first kappa shape index (κ1) is 51.4. The van der Waals surface area contributed by atoms with Crippen LogP contribution in [0.1, 0.15) is 208 Å². The lowest BCUT2D eigenvalue weighted by Crippen LogP contribution is -2.21. The number of rotatable bonds is 38. The van der Waals surface area contributed by atoms with E-state index in [-0.39, 0.29) is 23.8 Å². The SMILES string of the molecule is CCCCCC(CCCCC)CCOC(=O)CCCCCCCC(CCCCCCCC(=O)OCC(CCC(C)C)C(C)C)C(=O)OCCCN(C)C. The van der Waals surface area contributed by atoms with Gasteiger partial charge in [0.25, 0.3) is 0 Å². The van der Waals surface area contributed by atoms with Gasteiger partial charge in [0, 0.05) is 19.4 Å². The van der Waals surface area contributed by atoms with Crippen LogP contribution in [0.15, 0.2) is 0 Å². The summed E-state index contributed by atoms with van der Waals surface area (Å²) in [6, 6.07) is 0. The Morgan fingerprint density at radius 3 is 1.53 bits per heavy atom. The molecule has 2 atom stereocenters. The van der Waals surface area contributed by atoms with Crippen molar-refractivity contribution in [3.05, 3.63) is 0 Å². The predicted octanol–water partition coefficient (Wildman–Crippen LogP) is 12.5. The van der Waals surface area contributed by atoms with E-state index in [1.54, 1.807) is 0 Å². The molecule has 0 fully saturated rings. The summed E-state index contributed by atoms with van der Waals surface area (Å²) in [4.78, 5) is 39.8. The molecule has 0 rings (SSSR count). The molecule has 0 bridgehead atoms. The van der Waals surface area contributed by atoms with Crippen molar-refractivity contribution in [2.45, 2.75) is 208 Å². The van der Waals surface area contributed by atoms with Crippen LogP contribution in [-0.4, -0.2) is 63.3 Å². The lowest BCUT2D eigenvalue weighted by molar-refractivity contribution is -0.149. The second kappa shape index (κ2) is 36.0. The van der Waals surface area contributed by atoms with Crippen LogP contribution in [0.4, 0.5) is 0 Å². The molecule has 7 heteroatoms. The van der Waals surface area contributed by atoms with E-state index in [9.17, 15) is 14.4 Å². The van der Waals surface area contributed by atoms with Crippen LogP contribution in [0, 0.1) is 29.6 Å². The molecule has 0 aliphatic carbocycles. The van der Waals surface area contributed by atoms with Crippen molar-refractivity contribution in [2.75, 3.05) is 40.5 Å². The summed E-state index contributed by atoms with van der Waals surface area (Å²) in [5, 5.41) is 0. The zero-order chi connectivity index (χ0) is 39.5. The minimum Gasteiger partial charge on any atom is -0.466 e.